The normalized spacial score (nSPS) is 26.3. The van der Waals surface area contributed by atoms with Gasteiger partial charge in [0, 0.05) is 37.9 Å². The number of ether oxygens (including phenoxy) is 2. The zero-order chi connectivity index (χ0) is 17.9. The average Bonchev–Trinajstić information content (AvgIpc) is 3.32. The standard InChI is InChI=1S/C19H28N4O3/c1-22-7-2-5-17(22)19-20-10-14-11-23(8-6-16(14)21-19)18(24)13-25-12-15-4-3-9-26-15/h10,15,17H,2-9,11-13H2,1H3. The van der Waals surface area contributed by atoms with Gasteiger partial charge in [-0.2, -0.15) is 0 Å². The van der Waals surface area contributed by atoms with E-state index in [0.717, 1.165) is 55.9 Å². The fourth-order valence-electron chi connectivity index (χ4n) is 4.09. The van der Waals surface area contributed by atoms with Crippen LogP contribution in [0.15, 0.2) is 6.20 Å². The predicted molar refractivity (Wildman–Crippen MR) is 95.6 cm³/mol. The van der Waals surface area contributed by atoms with Crippen molar-refractivity contribution >= 4 is 5.91 Å². The van der Waals surface area contributed by atoms with Gasteiger partial charge < -0.3 is 14.4 Å². The van der Waals surface area contributed by atoms with E-state index in [1.54, 1.807) is 0 Å². The maximum absolute atomic E-state index is 12.4. The van der Waals surface area contributed by atoms with Crippen molar-refractivity contribution < 1.29 is 14.3 Å². The van der Waals surface area contributed by atoms with E-state index in [0.29, 0.717) is 25.7 Å². The smallest absolute Gasteiger partial charge is 0.248 e. The molecule has 26 heavy (non-hydrogen) atoms. The molecule has 2 atom stereocenters. The van der Waals surface area contributed by atoms with Crippen LogP contribution in [0.2, 0.25) is 0 Å². The fourth-order valence-corrected chi connectivity index (χ4v) is 4.09. The van der Waals surface area contributed by atoms with Crippen LogP contribution in [-0.4, -0.2) is 71.7 Å². The molecule has 1 amide bonds. The van der Waals surface area contributed by atoms with Crippen molar-refractivity contribution in [2.75, 3.05) is 40.0 Å². The summed E-state index contributed by atoms with van der Waals surface area (Å²) in [6, 6.07) is 0.339. The van der Waals surface area contributed by atoms with Gasteiger partial charge in [-0.3, -0.25) is 9.69 Å². The Labute approximate surface area is 154 Å². The van der Waals surface area contributed by atoms with Crippen molar-refractivity contribution in [3.8, 4) is 0 Å². The molecule has 3 aliphatic rings. The average molecular weight is 360 g/mol. The quantitative estimate of drug-likeness (QED) is 0.789. The van der Waals surface area contributed by atoms with Gasteiger partial charge in [0.05, 0.1) is 24.4 Å². The van der Waals surface area contributed by atoms with Gasteiger partial charge in [0.1, 0.15) is 12.4 Å². The minimum absolute atomic E-state index is 0.0354. The van der Waals surface area contributed by atoms with Gasteiger partial charge in [-0.25, -0.2) is 9.97 Å². The van der Waals surface area contributed by atoms with Crippen LogP contribution in [-0.2, 0) is 27.2 Å². The Bertz CT molecular complexity index is 648. The molecule has 1 aromatic rings. The van der Waals surface area contributed by atoms with Gasteiger partial charge >= 0.3 is 0 Å². The van der Waals surface area contributed by atoms with Crippen LogP contribution in [0.3, 0.4) is 0 Å². The highest BCUT2D eigenvalue weighted by atomic mass is 16.5. The summed E-state index contributed by atoms with van der Waals surface area (Å²) in [4.78, 5) is 26.0. The molecule has 1 aromatic heterocycles. The van der Waals surface area contributed by atoms with Gasteiger partial charge in [0.25, 0.3) is 0 Å². The molecular weight excluding hydrogens is 332 g/mol. The number of aromatic nitrogens is 2. The van der Waals surface area contributed by atoms with Crippen molar-refractivity contribution in [1.82, 2.24) is 19.8 Å². The van der Waals surface area contributed by atoms with E-state index in [9.17, 15) is 4.79 Å². The first-order chi connectivity index (χ1) is 12.7. The maximum Gasteiger partial charge on any atom is 0.248 e. The molecule has 3 aliphatic heterocycles. The highest BCUT2D eigenvalue weighted by molar-refractivity contribution is 5.77. The minimum atomic E-state index is 0.0354. The Balaban J connectivity index is 1.31. The van der Waals surface area contributed by atoms with Gasteiger partial charge in [-0.15, -0.1) is 0 Å². The molecule has 2 fully saturated rings. The van der Waals surface area contributed by atoms with Crippen molar-refractivity contribution in [3.63, 3.8) is 0 Å². The second-order valence-corrected chi connectivity index (χ2v) is 7.55. The van der Waals surface area contributed by atoms with Crippen LogP contribution in [0.1, 0.15) is 48.8 Å². The summed E-state index contributed by atoms with van der Waals surface area (Å²) in [6.45, 7) is 3.84. The zero-order valence-electron chi connectivity index (χ0n) is 15.5. The van der Waals surface area contributed by atoms with Crippen LogP contribution in [0.4, 0.5) is 0 Å². The molecule has 2 unspecified atom stereocenters. The molecule has 4 rings (SSSR count). The number of amides is 1. The summed E-state index contributed by atoms with van der Waals surface area (Å²) in [7, 11) is 2.14. The molecule has 0 bridgehead atoms. The first kappa shape index (κ1) is 17.8. The topological polar surface area (TPSA) is 67.8 Å². The van der Waals surface area contributed by atoms with Crippen LogP contribution in [0.5, 0.6) is 0 Å². The summed E-state index contributed by atoms with van der Waals surface area (Å²) >= 11 is 0. The number of carbonyl (C=O) groups is 1. The number of nitrogens with zero attached hydrogens (tertiary/aromatic N) is 4. The molecule has 0 saturated carbocycles. The molecule has 4 heterocycles. The molecule has 7 nitrogen and oxygen atoms in total. The maximum atomic E-state index is 12.4. The fraction of sp³-hybridized carbons (Fsp3) is 0.737. The highest BCUT2D eigenvalue weighted by Crippen LogP contribution is 2.29. The number of hydrogen-bond acceptors (Lipinski definition) is 6. The largest absolute Gasteiger partial charge is 0.376 e. The SMILES string of the molecule is CN1CCCC1c1ncc2c(n1)CCN(C(=O)COCC1CCCO1)C2. The summed E-state index contributed by atoms with van der Waals surface area (Å²) < 4.78 is 11.1. The second-order valence-electron chi connectivity index (χ2n) is 7.55. The summed E-state index contributed by atoms with van der Waals surface area (Å²) in [5, 5.41) is 0. The van der Waals surface area contributed by atoms with Crippen molar-refractivity contribution in [2.45, 2.75) is 50.8 Å². The number of likely N-dealkylation sites (tertiary alicyclic amines) is 1. The molecule has 0 aromatic carbocycles. The molecule has 0 aliphatic carbocycles. The lowest BCUT2D eigenvalue weighted by Crippen LogP contribution is -2.39. The van der Waals surface area contributed by atoms with Crippen LogP contribution < -0.4 is 0 Å². The van der Waals surface area contributed by atoms with Crippen molar-refractivity contribution in [1.29, 1.82) is 0 Å². The Morgan fingerprint density at radius 2 is 2.27 bits per heavy atom. The minimum Gasteiger partial charge on any atom is -0.376 e. The third-order valence-electron chi connectivity index (χ3n) is 5.68. The van der Waals surface area contributed by atoms with Gasteiger partial charge in [0.15, 0.2) is 0 Å². The van der Waals surface area contributed by atoms with Crippen LogP contribution in [0, 0.1) is 0 Å². The monoisotopic (exact) mass is 360 g/mol. The van der Waals surface area contributed by atoms with E-state index in [-0.39, 0.29) is 18.6 Å². The van der Waals surface area contributed by atoms with Crippen LogP contribution in [0.25, 0.3) is 0 Å². The molecule has 0 spiro atoms. The van der Waals surface area contributed by atoms with Gasteiger partial charge in [-0.05, 0) is 39.3 Å². The zero-order valence-corrected chi connectivity index (χ0v) is 15.5. The first-order valence-corrected chi connectivity index (χ1v) is 9.73. The van der Waals surface area contributed by atoms with E-state index < -0.39 is 0 Å². The number of hydrogen-bond donors (Lipinski definition) is 0. The molecule has 7 heteroatoms. The van der Waals surface area contributed by atoms with Crippen molar-refractivity contribution in [3.05, 3.63) is 23.3 Å². The van der Waals surface area contributed by atoms with E-state index >= 15 is 0 Å². The third kappa shape index (κ3) is 3.89. The predicted octanol–water partition coefficient (Wildman–Crippen LogP) is 1.32. The third-order valence-corrected chi connectivity index (χ3v) is 5.68. The molecular formula is C19H28N4O3. The van der Waals surface area contributed by atoms with Crippen molar-refractivity contribution in [2.24, 2.45) is 0 Å². The highest BCUT2D eigenvalue weighted by Gasteiger charge is 2.28. The lowest BCUT2D eigenvalue weighted by molar-refractivity contribution is -0.138. The van der Waals surface area contributed by atoms with E-state index in [4.69, 9.17) is 14.5 Å². The molecule has 2 saturated heterocycles. The van der Waals surface area contributed by atoms with E-state index in [1.165, 1.54) is 6.42 Å². The van der Waals surface area contributed by atoms with Gasteiger partial charge in [-0.1, -0.05) is 0 Å². The lowest BCUT2D eigenvalue weighted by Gasteiger charge is -2.29. The number of fused-ring (bicyclic) bond motifs is 1. The lowest BCUT2D eigenvalue weighted by atomic mass is 10.1. The van der Waals surface area contributed by atoms with E-state index in [2.05, 4.69) is 16.9 Å². The summed E-state index contributed by atoms with van der Waals surface area (Å²) in [6.07, 6.45) is 7.31. The Morgan fingerprint density at radius 3 is 3.04 bits per heavy atom. The Hall–Kier alpha value is -1.57. The molecule has 0 N–H and O–H groups in total. The summed E-state index contributed by atoms with van der Waals surface area (Å²) in [5.41, 5.74) is 2.16. The Kier molecular flexibility index (Phi) is 5.47. The number of carbonyl (C=O) groups excluding carboxylic acids is 1. The Morgan fingerprint density at radius 1 is 1.35 bits per heavy atom. The molecule has 0 radical (unpaired) electrons. The number of rotatable bonds is 5. The molecule has 142 valence electrons. The van der Waals surface area contributed by atoms with Crippen LogP contribution >= 0.6 is 0 Å². The second kappa shape index (κ2) is 7.98. The summed E-state index contributed by atoms with van der Waals surface area (Å²) in [5.74, 6) is 0.969. The van der Waals surface area contributed by atoms with Gasteiger partial charge in [0.2, 0.25) is 5.91 Å². The van der Waals surface area contributed by atoms with E-state index in [1.807, 2.05) is 11.1 Å². The first-order valence-electron chi connectivity index (χ1n) is 9.73.